The number of aromatic amines is 1. The molecule has 0 bridgehead atoms. The number of nitrogens with one attached hydrogen (secondary N) is 2. The van der Waals surface area contributed by atoms with Gasteiger partial charge in [0.15, 0.2) is 5.82 Å². The number of hydrogen-bond donors (Lipinski definition) is 2. The van der Waals surface area contributed by atoms with Crippen LogP contribution in [0.25, 0.3) is 11.3 Å². The Kier molecular flexibility index (Phi) is 6.45. The molecule has 0 saturated carbocycles. The predicted octanol–water partition coefficient (Wildman–Crippen LogP) is 6.20. The van der Waals surface area contributed by atoms with Gasteiger partial charge in [-0.25, -0.2) is 4.79 Å². The van der Waals surface area contributed by atoms with E-state index in [2.05, 4.69) is 52.8 Å². The van der Waals surface area contributed by atoms with E-state index in [9.17, 15) is 4.79 Å². The normalized spacial score (nSPS) is 16.3. The molecule has 5 heteroatoms. The molecule has 1 aliphatic heterocycles. The monoisotopic (exact) mass is 429 g/mol. The molecule has 32 heavy (non-hydrogen) atoms. The minimum absolute atomic E-state index is 0.145. The fraction of sp³-hybridized carbons (Fsp3) is 0.333. The third-order valence-corrected chi connectivity index (χ3v) is 6.14. The van der Waals surface area contributed by atoms with Crippen molar-refractivity contribution in [1.29, 1.82) is 0 Å². The lowest BCUT2D eigenvalue weighted by molar-refractivity contribution is -0.143. The largest absolute Gasteiger partial charge is 0.459 e. The Hall–Kier alpha value is -3.34. The van der Waals surface area contributed by atoms with Gasteiger partial charge < -0.3 is 10.1 Å². The Labute approximate surface area is 189 Å². The summed E-state index contributed by atoms with van der Waals surface area (Å²) in [6.07, 6.45) is 2.60. The van der Waals surface area contributed by atoms with Gasteiger partial charge in [0.1, 0.15) is 0 Å². The fourth-order valence-electron chi connectivity index (χ4n) is 4.38. The van der Waals surface area contributed by atoms with Gasteiger partial charge in [0.05, 0.1) is 17.4 Å². The van der Waals surface area contributed by atoms with Crippen molar-refractivity contribution in [2.45, 2.75) is 59.0 Å². The van der Waals surface area contributed by atoms with Crippen molar-refractivity contribution < 1.29 is 9.53 Å². The van der Waals surface area contributed by atoms with Crippen LogP contribution in [0.15, 0.2) is 65.9 Å². The third kappa shape index (κ3) is 4.07. The van der Waals surface area contributed by atoms with Crippen LogP contribution in [0, 0.1) is 0 Å². The molecule has 0 fully saturated rings. The number of benzene rings is 2. The highest BCUT2D eigenvalue weighted by atomic mass is 16.5. The van der Waals surface area contributed by atoms with Gasteiger partial charge >= 0.3 is 5.97 Å². The van der Waals surface area contributed by atoms with Crippen LogP contribution in [-0.2, 0) is 16.0 Å². The topological polar surface area (TPSA) is 67.0 Å². The number of allylic oxidation sites excluding steroid dienone is 1. The van der Waals surface area contributed by atoms with E-state index < -0.39 is 0 Å². The summed E-state index contributed by atoms with van der Waals surface area (Å²) in [5.74, 6) is 0.226. The molecule has 2 N–H and O–H groups in total. The van der Waals surface area contributed by atoms with E-state index >= 15 is 0 Å². The number of nitrogens with zero attached hydrogens (tertiary/aromatic N) is 1. The van der Waals surface area contributed by atoms with Crippen LogP contribution in [0.5, 0.6) is 0 Å². The van der Waals surface area contributed by atoms with Crippen molar-refractivity contribution in [2.24, 2.45) is 0 Å². The highest BCUT2D eigenvalue weighted by Crippen LogP contribution is 2.46. The van der Waals surface area contributed by atoms with Gasteiger partial charge in [-0.05, 0) is 43.4 Å². The second kappa shape index (κ2) is 9.43. The zero-order valence-electron chi connectivity index (χ0n) is 19.2. The third-order valence-electron chi connectivity index (χ3n) is 6.14. The summed E-state index contributed by atoms with van der Waals surface area (Å²) in [4.78, 5) is 13.5. The molecule has 5 nitrogen and oxygen atoms in total. The molecule has 0 radical (unpaired) electrons. The molecule has 4 rings (SSSR count). The molecule has 0 saturated heterocycles. The highest BCUT2D eigenvalue weighted by Gasteiger charge is 2.38. The maximum absolute atomic E-state index is 13.5. The van der Waals surface area contributed by atoms with Crippen LogP contribution in [-0.4, -0.2) is 22.3 Å². The first-order valence-electron chi connectivity index (χ1n) is 11.4. The number of rotatable bonds is 7. The molecule has 2 unspecified atom stereocenters. The Bertz CT molecular complexity index is 1130. The molecule has 0 spiro atoms. The summed E-state index contributed by atoms with van der Waals surface area (Å²) < 4.78 is 5.83. The summed E-state index contributed by atoms with van der Waals surface area (Å²) >= 11 is 0. The zero-order chi connectivity index (χ0) is 22.7. The van der Waals surface area contributed by atoms with Crippen molar-refractivity contribution in [2.75, 3.05) is 5.32 Å². The van der Waals surface area contributed by atoms with Crippen molar-refractivity contribution in [3.8, 4) is 11.3 Å². The van der Waals surface area contributed by atoms with E-state index in [0.717, 1.165) is 53.2 Å². The second-order valence-corrected chi connectivity index (χ2v) is 8.40. The van der Waals surface area contributed by atoms with Gasteiger partial charge in [0, 0.05) is 17.2 Å². The summed E-state index contributed by atoms with van der Waals surface area (Å²) in [6, 6.07) is 18.6. The quantitative estimate of drug-likeness (QED) is 0.439. The summed E-state index contributed by atoms with van der Waals surface area (Å²) in [6.45, 7) is 8.07. The zero-order valence-corrected chi connectivity index (χ0v) is 19.2. The summed E-state index contributed by atoms with van der Waals surface area (Å²) in [7, 11) is 0. The lowest BCUT2D eigenvalue weighted by atomic mass is 9.78. The van der Waals surface area contributed by atoms with E-state index in [1.54, 1.807) is 0 Å². The Morgan fingerprint density at radius 3 is 2.53 bits per heavy atom. The Morgan fingerprint density at radius 1 is 1.09 bits per heavy atom. The van der Waals surface area contributed by atoms with Gasteiger partial charge in [-0.2, -0.15) is 5.10 Å². The molecule has 0 aliphatic carbocycles. The lowest BCUT2D eigenvalue weighted by Gasteiger charge is -2.30. The van der Waals surface area contributed by atoms with Crippen molar-refractivity contribution in [3.05, 3.63) is 82.6 Å². The number of carbonyl (C=O) groups excluding carboxylic acids is 1. The van der Waals surface area contributed by atoms with E-state index in [4.69, 9.17) is 4.74 Å². The SMILES string of the molecule is CCCc1ccccc1C1C(C(=O)OC(C)CC)=C(C)Nc2n[nH]c(-c3ccccc3)c21. The Morgan fingerprint density at radius 2 is 1.81 bits per heavy atom. The van der Waals surface area contributed by atoms with Crippen LogP contribution < -0.4 is 5.32 Å². The predicted molar refractivity (Wildman–Crippen MR) is 128 cm³/mol. The van der Waals surface area contributed by atoms with Gasteiger partial charge in [-0.15, -0.1) is 0 Å². The van der Waals surface area contributed by atoms with E-state index in [1.807, 2.05) is 45.0 Å². The minimum atomic E-state index is -0.272. The molecule has 1 aliphatic rings. The molecule has 2 heterocycles. The molecule has 3 aromatic rings. The first-order valence-corrected chi connectivity index (χ1v) is 11.4. The standard InChI is InChI=1S/C27H31N3O2/c1-5-12-19-13-10-11-16-21(19)23-22(27(31)32-17(3)6-2)18(4)28-26-24(23)25(29-30-26)20-14-8-7-9-15-20/h7-11,13-17,23H,5-6,12H2,1-4H3,(H2,28,29,30). The second-order valence-electron chi connectivity index (χ2n) is 8.40. The summed E-state index contributed by atoms with van der Waals surface area (Å²) in [5, 5.41) is 11.2. The lowest BCUT2D eigenvalue weighted by Crippen LogP contribution is -2.27. The number of aromatic nitrogens is 2. The van der Waals surface area contributed by atoms with Crippen molar-refractivity contribution >= 4 is 11.8 Å². The van der Waals surface area contributed by atoms with Crippen LogP contribution in [0.1, 0.15) is 63.1 Å². The molecule has 2 aromatic carbocycles. The number of carbonyl (C=O) groups is 1. The molecule has 0 amide bonds. The smallest absolute Gasteiger partial charge is 0.337 e. The molecular formula is C27H31N3O2. The first-order chi connectivity index (χ1) is 15.5. The number of H-pyrrole nitrogens is 1. The number of ether oxygens (including phenoxy) is 1. The number of fused-ring (bicyclic) bond motifs is 1. The molecule has 166 valence electrons. The van der Waals surface area contributed by atoms with Gasteiger partial charge in [-0.1, -0.05) is 74.9 Å². The molecular weight excluding hydrogens is 398 g/mol. The van der Waals surface area contributed by atoms with Crippen LogP contribution >= 0.6 is 0 Å². The average Bonchev–Trinajstić information content (AvgIpc) is 3.22. The van der Waals surface area contributed by atoms with Crippen molar-refractivity contribution in [1.82, 2.24) is 10.2 Å². The van der Waals surface area contributed by atoms with E-state index in [1.165, 1.54) is 5.56 Å². The van der Waals surface area contributed by atoms with E-state index in [0.29, 0.717) is 5.57 Å². The first kappa shape index (κ1) is 21.9. The number of aryl methyl sites for hydroxylation is 1. The van der Waals surface area contributed by atoms with Crippen LogP contribution in [0.4, 0.5) is 5.82 Å². The Balaban J connectivity index is 1.93. The maximum Gasteiger partial charge on any atom is 0.337 e. The highest BCUT2D eigenvalue weighted by molar-refractivity contribution is 5.96. The van der Waals surface area contributed by atoms with Gasteiger partial charge in [0.25, 0.3) is 0 Å². The summed E-state index contributed by atoms with van der Waals surface area (Å²) in [5.41, 5.74) is 6.76. The number of hydrogen-bond acceptors (Lipinski definition) is 4. The van der Waals surface area contributed by atoms with Crippen LogP contribution in [0.3, 0.4) is 0 Å². The fourth-order valence-corrected chi connectivity index (χ4v) is 4.38. The van der Waals surface area contributed by atoms with Crippen LogP contribution in [0.2, 0.25) is 0 Å². The number of esters is 1. The number of anilines is 1. The minimum Gasteiger partial charge on any atom is -0.459 e. The van der Waals surface area contributed by atoms with E-state index in [-0.39, 0.29) is 18.0 Å². The molecule has 1 aromatic heterocycles. The molecule has 2 atom stereocenters. The van der Waals surface area contributed by atoms with Gasteiger partial charge in [0.2, 0.25) is 0 Å². The van der Waals surface area contributed by atoms with Crippen molar-refractivity contribution in [3.63, 3.8) is 0 Å². The van der Waals surface area contributed by atoms with Gasteiger partial charge in [-0.3, -0.25) is 5.10 Å². The average molecular weight is 430 g/mol. The maximum atomic E-state index is 13.5.